The predicted molar refractivity (Wildman–Crippen MR) is 99.3 cm³/mol. The summed E-state index contributed by atoms with van der Waals surface area (Å²) >= 11 is 0. The number of nitrogens with two attached hydrogens (primary N) is 1. The van der Waals surface area contributed by atoms with E-state index in [-0.39, 0.29) is 5.95 Å². The van der Waals surface area contributed by atoms with Crippen molar-refractivity contribution in [3.8, 4) is 11.3 Å². The summed E-state index contributed by atoms with van der Waals surface area (Å²) in [7, 11) is 0. The van der Waals surface area contributed by atoms with Gasteiger partial charge in [0.1, 0.15) is 11.2 Å². The highest BCUT2D eigenvalue weighted by molar-refractivity contribution is 6.20. The maximum atomic E-state index is 5.92. The van der Waals surface area contributed by atoms with Gasteiger partial charge in [-0.05, 0) is 19.1 Å². The molecule has 0 spiro atoms. The molecule has 2 N–H and O–H groups in total. The van der Waals surface area contributed by atoms with Crippen molar-refractivity contribution in [3.05, 3.63) is 77.5 Å². The molecule has 0 saturated heterocycles. The van der Waals surface area contributed by atoms with Crippen LogP contribution in [0.1, 0.15) is 16.7 Å². The average Bonchev–Trinajstić information content (AvgIpc) is 2.97. The molecule has 0 fully saturated rings. The maximum Gasteiger partial charge on any atom is 0.238 e. The van der Waals surface area contributed by atoms with Crippen molar-refractivity contribution in [2.45, 2.75) is 6.92 Å². The molecule has 0 bridgehead atoms. The van der Waals surface area contributed by atoms with E-state index in [9.17, 15) is 0 Å². The number of benzene rings is 2. The summed E-state index contributed by atoms with van der Waals surface area (Å²) in [6, 6.07) is 18.4. The standard InChI is InChI=1S/C20H15N5/c1-12-6-8-13(9-7-12)17-15-10-11-25-19(15)18(23-20(21)24-25)14-4-2-3-5-16(14)22-17/h2-11H,1H3,(H2,21,24). The zero-order valence-electron chi connectivity index (χ0n) is 13.6. The molecule has 3 heterocycles. The number of rotatable bonds is 1. The summed E-state index contributed by atoms with van der Waals surface area (Å²) < 4.78 is 1.79. The van der Waals surface area contributed by atoms with Crippen molar-refractivity contribution in [2.75, 3.05) is 5.73 Å². The number of aryl methyl sites for hydroxylation is 1. The molecule has 0 radical (unpaired) electrons. The Morgan fingerprint density at radius 2 is 1.72 bits per heavy atom. The molecule has 2 aromatic carbocycles. The van der Waals surface area contributed by atoms with Crippen LogP contribution in [0.2, 0.25) is 0 Å². The number of hydrogen-bond acceptors (Lipinski definition) is 4. The molecule has 0 amide bonds. The summed E-state index contributed by atoms with van der Waals surface area (Å²) in [5, 5.41) is 4.32. The molecule has 0 atom stereocenters. The highest BCUT2D eigenvalue weighted by atomic mass is 15.3. The molecule has 0 unspecified atom stereocenters. The number of para-hydroxylation sites is 1. The molecule has 4 aromatic rings. The van der Waals surface area contributed by atoms with E-state index in [4.69, 9.17) is 10.7 Å². The molecule has 5 nitrogen and oxygen atoms in total. The second-order valence-corrected chi connectivity index (χ2v) is 6.18. The lowest BCUT2D eigenvalue weighted by Gasteiger charge is -2.06. The minimum atomic E-state index is 0.248. The first-order valence-corrected chi connectivity index (χ1v) is 8.11. The van der Waals surface area contributed by atoms with E-state index >= 15 is 0 Å². The van der Waals surface area contributed by atoms with Crippen molar-refractivity contribution in [1.82, 2.24) is 14.6 Å². The third-order valence-electron chi connectivity index (χ3n) is 4.50. The Morgan fingerprint density at radius 1 is 0.920 bits per heavy atom. The normalized spacial score (nSPS) is 12.6. The zero-order chi connectivity index (χ0) is 17.0. The van der Waals surface area contributed by atoms with E-state index in [1.54, 1.807) is 4.52 Å². The third kappa shape index (κ3) is 2.06. The number of nitrogen functional groups attached to an aromatic ring is 1. The van der Waals surface area contributed by atoms with Crippen LogP contribution in [0.3, 0.4) is 0 Å². The second kappa shape index (κ2) is 5.01. The number of aromatic nitrogens is 3. The molecular formula is C20H15N5. The Labute approximate surface area is 144 Å². The lowest BCUT2D eigenvalue weighted by molar-refractivity contribution is 0.920. The van der Waals surface area contributed by atoms with E-state index in [1.807, 2.05) is 36.5 Å². The third-order valence-corrected chi connectivity index (χ3v) is 4.50. The highest BCUT2D eigenvalue weighted by Gasteiger charge is 2.23. The van der Waals surface area contributed by atoms with Crippen LogP contribution >= 0.6 is 0 Å². The molecule has 1 aliphatic rings. The van der Waals surface area contributed by atoms with Gasteiger partial charge in [-0.25, -0.2) is 14.5 Å². The largest absolute Gasteiger partial charge is 0.367 e. The van der Waals surface area contributed by atoms with Gasteiger partial charge in [-0.2, -0.15) is 0 Å². The Balaban J connectivity index is 1.91. The van der Waals surface area contributed by atoms with Gasteiger partial charge in [0.05, 0.1) is 11.4 Å². The molecule has 1 aliphatic heterocycles. The molecule has 5 rings (SSSR count). The zero-order valence-corrected chi connectivity index (χ0v) is 13.6. The number of fused-ring (bicyclic) bond motifs is 2. The van der Waals surface area contributed by atoms with E-state index in [2.05, 4.69) is 41.3 Å². The molecule has 120 valence electrons. The fraction of sp³-hybridized carbons (Fsp3) is 0.0500. The predicted octanol–water partition coefficient (Wildman–Crippen LogP) is 3.77. The summed E-state index contributed by atoms with van der Waals surface area (Å²) in [5.74, 6) is 0.248. The highest BCUT2D eigenvalue weighted by Crippen LogP contribution is 2.38. The minimum Gasteiger partial charge on any atom is -0.367 e. The summed E-state index contributed by atoms with van der Waals surface area (Å²) in [4.78, 5) is 9.50. The second-order valence-electron chi connectivity index (χ2n) is 6.18. The van der Waals surface area contributed by atoms with E-state index < -0.39 is 0 Å². The first-order chi connectivity index (χ1) is 12.2. The van der Waals surface area contributed by atoms with Gasteiger partial charge in [0, 0.05) is 22.9 Å². The minimum absolute atomic E-state index is 0.248. The molecule has 25 heavy (non-hydrogen) atoms. The van der Waals surface area contributed by atoms with Crippen LogP contribution in [0.25, 0.3) is 16.8 Å². The van der Waals surface area contributed by atoms with Crippen molar-refractivity contribution >= 4 is 22.9 Å². The molecule has 5 heteroatoms. The van der Waals surface area contributed by atoms with Gasteiger partial charge >= 0.3 is 0 Å². The van der Waals surface area contributed by atoms with Crippen molar-refractivity contribution < 1.29 is 0 Å². The van der Waals surface area contributed by atoms with Gasteiger partial charge in [-0.15, -0.1) is 5.10 Å². The Morgan fingerprint density at radius 3 is 2.56 bits per heavy atom. The van der Waals surface area contributed by atoms with Crippen LogP contribution < -0.4 is 5.73 Å². The fourth-order valence-corrected chi connectivity index (χ4v) is 3.30. The Bertz CT molecular complexity index is 1150. The van der Waals surface area contributed by atoms with Gasteiger partial charge in [-0.3, -0.25) is 0 Å². The van der Waals surface area contributed by atoms with E-state index in [1.165, 1.54) is 5.56 Å². The van der Waals surface area contributed by atoms with Gasteiger partial charge in [0.2, 0.25) is 5.95 Å². The lowest BCUT2D eigenvalue weighted by Crippen LogP contribution is -2.05. The van der Waals surface area contributed by atoms with E-state index in [0.717, 1.165) is 39.3 Å². The smallest absolute Gasteiger partial charge is 0.238 e. The van der Waals surface area contributed by atoms with Crippen LogP contribution in [-0.2, 0) is 0 Å². The van der Waals surface area contributed by atoms with Gasteiger partial charge in [0.15, 0.2) is 0 Å². The Kier molecular flexibility index (Phi) is 2.79. The molecule has 2 aromatic heterocycles. The van der Waals surface area contributed by atoms with Crippen LogP contribution in [0.15, 0.2) is 65.8 Å². The summed E-state index contributed by atoms with van der Waals surface area (Å²) in [6.07, 6.45) is 1.91. The van der Waals surface area contributed by atoms with Crippen molar-refractivity contribution in [2.24, 2.45) is 4.99 Å². The van der Waals surface area contributed by atoms with Gasteiger partial charge in [-0.1, -0.05) is 48.0 Å². The average molecular weight is 325 g/mol. The maximum absolute atomic E-state index is 5.92. The van der Waals surface area contributed by atoms with Crippen LogP contribution in [0.5, 0.6) is 0 Å². The number of nitrogens with zero attached hydrogens (tertiary/aromatic N) is 4. The summed E-state index contributed by atoms with van der Waals surface area (Å²) in [5.41, 5.74) is 13.7. The van der Waals surface area contributed by atoms with E-state index in [0.29, 0.717) is 0 Å². The van der Waals surface area contributed by atoms with Gasteiger partial charge in [0.25, 0.3) is 0 Å². The molecule has 0 aliphatic carbocycles. The Hall–Kier alpha value is -3.47. The number of aliphatic imine (C=N–C) groups is 1. The van der Waals surface area contributed by atoms with Crippen LogP contribution in [-0.4, -0.2) is 20.3 Å². The molecule has 0 saturated carbocycles. The quantitative estimate of drug-likeness (QED) is 0.510. The first kappa shape index (κ1) is 13.9. The van der Waals surface area contributed by atoms with Crippen LogP contribution in [0.4, 0.5) is 11.6 Å². The SMILES string of the molecule is Cc1ccc(C2=Nc3ccccc3-c3nc(N)nn4ccc2c34)cc1. The monoisotopic (exact) mass is 325 g/mol. The number of hydrogen-bond donors (Lipinski definition) is 1. The number of anilines is 1. The topological polar surface area (TPSA) is 68.6 Å². The van der Waals surface area contributed by atoms with Crippen molar-refractivity contribution in [1.29, 1.82) is 0 Å². The summed E-state index contributed by atoms with van der Waals surface area (Å²) in [6.45, 7) is 2.08. The van der Waals surface area contributed by atoms with Crippen molar-refractivity contribution in [3.63, 3.8) is 0 Å². The lowest BCUT2D eigenvalue weighted by atomic mass is 10.0. The molecular weight excluding hydrogens is 310 g/mol. The fourth-order valence-electron chi connectivity index (χ4n) is 3.30. The van der Waals surface area contributed by atoms with Gasteiger partial charge < -0.3 is 5.73 Å². The van der Waals surface area contributed by atoms with Crippen LogP contribution in [0, 0.1) is 6.92 Å². The first-order valence-electron chi connectivity index (χ1n) is 8.11.